The molecule has 2 heterocycles. The molecule has 0 spiro atoms. The molecule has 1 atom stereocenters. The van der Waals surface area contributed by atoms with Gasteiger partial charge in [0.05, 0.1) is 12.3 Å². The first kappa shape index (κ1) is 12.9. The number of halogens is 1. The minimum absolute atomic E-state index is 0.220. The summed E-state index contributed by atoms with van der Waals surface area (Å²) in [6.45, 7) is -0.541. The highest BCUT2D eigenvalue weighted by Crippen LogP contribution is 2.24. The summed E-state index contributed by atoms with van der Waals surface area (Å²) in [6.07, 6.45) is -0.385. The van der Waals surface area contributed by atoms with Crippen LogP contribution in [0.1, 0.15) is 12.1 Å². The van der Waals surface area contributed by atoms with Gasteiger partial charge < -0.3 is 5.11 Å². The zero-order valence-electron chi connectivity index (χ0n) is 9.28. The SMILES string of the molecule is O=C1CC(S(=O)(=O)F)CN1c1cccc(CO)n1. The monoisotopic (exact) mass is 274 g/mol. The van der Waals surface area contributed by atoms with Crippen LogP contribution in [0.25, 0.3) is 0 Å². The fourth-order valence-corrected chi connectivity index (χ4v) is 2.46. The number of rotatable bonds is 3. The highest BCUT2D eigenvalue weighted by atomic mass is 32.3. The van der Waals surface area contributed by atoms with E-state index in [-0.39, 0.29) is 25.4 Å². The van der Waals surface area contributed by atoms with E-state index in [1.165, 1.54) is 6.07 Å². The van der Waals surface area contributed by atoms with Crippen LogP contribution in [0.5, 0.6) is 0 Å². The van der Waals surface area contributed by atoms with Gasteiger partial charge in [-0.15, -0.1) is 3.89 Å². The van der Waals surface area contributed by atoms with Crippen molar-refractivity contribution in [2.24, 2.45) is 0 Å². The van der Waals surface area contributed by atoms with E-state index in [4.69, 9.17) is 5.11 Å². The lowest BCUT2D eigenvalue weighted by molar-refractivity contribution is -0.117. The summed E-state index contributed by atoms with van der Waals surface area (Å²) >= 11 is 0. The standard InChI is InChI=1S/C10H11FN2O4S/c11-18(16,17)8-4-10(15)13(5-8)9-3-1-2-7(6-14)12-9/h1-3,8,14H,4-6H2. The van der Waals surface area contributed by atoms with E-state index < -0.39 is 21.4 Å². The summed E-state index contributed by atoms with van der Waals surface area (Å²) in [5, 5.41) is 7.59. The van der Waals surface area contributed by atoms with Crippen LogP contribution >= 0.6 is 0 Å². The first-order valence-electron chi connectivity index (χ1n) is 5.22. The summed E-state index contributed by atoms with van der Waals surface area (Å²) in [6, 6.07) is 4.65. The number of nitrogens with zero attached hydrogens (tertiary/aromatic N) is 2. The van der Waals surface area contributed by atoms with Crippen LogP contribution in [-0.2, 0) is 21.6 Å². The molecule has 0 saturated carbocycles. The quantitative estimate of drug-likeness (QED) is 0.783. The van der Waals surface area contributed by atoms with Gasteiger partial charge in [-0.05, 0) is 12.1 Å². The van der Waals surface area contributed by atoms with Crippen molar-refractivity contribution < 1.29 is 22.2 Å². The molecular formula is C10H11FN2O4S. The number of pyridine rings is 1. The summed E-state index contributed by atoms with van der Waals surface area (Å²) in [5.41, 5.74) is 0.354. The van der Waals surface area contributed by atoms with Gasteiger partial charge >= 0.3 is 10.2 Å². The molecule has 0 aromatic carbocycles. The predicted octanol–water partition coefficient (Wildman–Crippen LogP) is -0.0215. The summed E-state index contributed by atoms with van der Waals surface area (Å²) in [4.78, 5) is 16.7. The van der Waals surface area contributed by atoms with Gasteiger partial charge in [0.15, 0.2) is 0 Å². The van der Waals surface area contributed by atoms with Crippen LogP contribution in [0.3, 0.4) is 0 Å². The Morgan fingerprint density at radius 1 is 1.50 bits per heavy atom. The number of hydrogen-bond donors (Lipinski definition) is 1. The first-order valence-corrected chi connectivity index (χ1v) is 6.67. The molecule has 0 aliphatic carbocycles. The zero-order valence-corrected chi connectivity index (χ0v) is 10.1. The van der Waals surface area contributed by atoms with E-state index in [0.29, 0.717) is 5.69 Å². The third kappa shape index (κ3) is 2.49. The van der Waals surface area contributed by atoms with Crippen LogP contribution in [0.15, 0.2) is 18.2 Å². The predicted molar refractivity (Wildman–Crippen MR) is 60.9 cm³/mol. The third-order valence-electron chi connectivity index (χ3n) is 2.72. The van der Waals surface area contributed by atoms with Crippen molar-refractivity contribution in [2.75, 3.05) is 11.4 Å². The molecule has 98 valence electrons. The van der Waals surface area contributed by atoms with Gasteiger partial charge in [-0.2, -0.15) is 8.42 Å². The third-order valence-corrected chi connectivity index (χ3v) is 3.83. The van der Waals surface area contributed by atoms with E-state index in [0.717, 1.165) is 4.90 Å². The number of carbonyl (C=O) groups excluding carboxylic acids is 1. The lowest BCUT2D eigenvalue weighted by atomic mass is 10.3. The second-order valence-electron chi connectivity index (χ2n) is 3.95. The number of aliphatic hydroxyl groups is 1. The van der Waals surface area contributed by atoms with Gasteiger partial charge in [-0.25, -0.2) is 4.98 Å². The van der Waals surface area contributed by atoms with Crippen molar-refractivity contribution >= 4 is 21.9 Å². The first-order chi connectivity index (χ1) is 8.41. The van der Waals surface area contributed by atoms with Gasteiger partial charge in [0.25, 0.3) is 0 Å². The minimum atomic E-state index is -4.73. The van der Waals surface area contributed by atoms with E-state index in [1.807, 2.05) is 0 Å². The lowest BCUT2D eigenvalue weighted by Crippen LogP contribution is -2.27. The normalized spacial score (nSPS) is 20.4. The average Bonchev–Trinajstić information content (AvgIpc) is 2.71. The van der Waals surface area contributed by atoms with Crippen molar-refractivity contribution in [1.29, 1.82) is 0 Å². The molecule has 1 aliphatic rings. The topological polar surface area (TPSA) is 87.6 Å². The molecule has 1 fully saturated rings. The lowest BCUT2D eigenvalue weighted by Gasteiger charge is -2.15. The van der Waals surface area contributed by atoms with Crippen LogP contribution in [0.4, 0.5) is 9.70 Å². The van der Waals surface area contributed by atoms with Crippen molar-refractivity contribution in [3.8, 4) is 0 Å². The molecule has 1 aliphatic heterocycles. The molecule has 0 bridgehead atoms. The second-order valence-corrected chi connectivity index (χ2v) is 5.57. The molecule has 1 aromatic heterocycles. The Morgan fingerprint density at radius 3 is 2.78 bits per heavy atom. The van der Waals surface area contributed by atoms with Gasteiger partial charge in [0.1, 0.15) is 11.1 Å². The maximum atomic E-state index is 12.8. The van der Waals surface area contributed by atoms with Gasteiger partial charge in [0, 0.05) is 13.0 Å². The Balaban J connectivity index is 2.27. The Morgan fingerprint density at radius 2 is 2.22 bits per heavy atom. The van der Waals surface area contributed by atoms with Crippen molar-refractivity contribution in [3.63, 3.8) is 0 Å². The maximum absolute atomic E-state index is 12.8. The van der Waals surface area contributed by atoms with E-state index in [2.05, 4.69) is 4.98 Å². The fraction of sp³-hybridized carbons (Fsp3) is 0.400. The Labute approximate surface area is 103 Å². The van der Waals surface area contributed by atoms with Gasteiger partial charge in [-0.1, -0.05) is 6.07 Å². The summed E-state index contributed by atoms with van der Waals surface area (Å²) in [7, 11) is -4.73. The minimum Gasteiger partial charge on any atom is -0.390 e. The molecular weight excluding hydrogens is 263 g/mol. The summed E-state index contributed by atoms with van der Waals surface area (Å²) in [5.74, 6) is -0.276. The van der Waals surface area contributed by atoms with Gasteiger partial charge in [-0.3, -0.25) is 9.69 Å². The van der Waals surface area contributed by atoms with Crippen molar-refractivity contribution in [2.45, 2.75) is 18.3 Å². The largest absolute Gasteiger partial charge is 0.390 e. The van der Waals surface area contributed by atoms with Crippen molar-refractivity contribution in [3.05, 3.63) is 23.9 Å². The van der Waals surface area contributed by atoms with Crippen LogP contribution in [-0.4, -0.2) is 36.2 Å². The van der Waals surface area contributed by atoms with Crippen LogP contribution in [0.2, 0.25) is 0 Å². The number of aromatic nitrogens is 1. The van der Waals surface area contributed by atoms with E-state index in [1.54, 1.807) is 12.1 Å². The second kappa shape index (κ2) is 4.62. The molecule has 1 aromatic rings. The smallest absolute Gasteiger partial charge is 0.307 e. The highest BCUT2D eigenvalue weighted by molar-refractivity contribution is 7.87. The van der Waals surface area contributed by atoms with Gasteiger partial charge in [0.2, 0.25) is 5.91 Å². The molecule has 1 N–H and O–H groups in total. The maximum Gasteiger partial charge on any atom is 0.307 e. The summed E-state index contributed by atoms with van der Waals surface area (Å²) < 4.78 is 34.4. The molecule has 0 radical (unpaired) electrons. The molecule has 8 heteroatoms. The number of carbonyl (C=O) groups is 1. The molecule has 18 heavy (non-hydrogen) atoms. The number of hydrogen-bond acceptors (Lipinski definition) is 5. The zero-order chi connectivity index (χ0) is 13.3. The van der Waals surface area contributed by atoms with Crippen LogP contribution < -0.4 is 4.90 Å². The molecule has 1 saturated heterocycles. The van der Waals surface area contributed by atoms with E-state index in [9.17, 15) is 17.1 Å². The fourth-order valence-electron chi connectivity index (χ4n) is 1.79. The van der Waals surface area contributed by atoms with Crippen LogP contribution in [0, 0.1) is 0 Å². The average molecular weight is 274 g/mol. The van der Waals surface area contributed by atoms with E-state index >= 15 is 0 Å². The Bertz CT molecular complexity index is 575. The Kier molecular flexibility index (Phi) is 3.31. The molecule has 1 unspecified atom stereocenters. The molecule has 2 rings (SSSR count). The molecule has 6 nitrogen and oxygen atoms in total. The van der Waals surface area contributed by atoms with Crippen molar-refractivity contribution in [1.82, 2.24) is 4.98 Å². The number of amides is 1. The molecule has 1 amide bonds. The number of aliphatic hydroxyl groups excluding tert-OH is 1. The number of anilines is 1. The highest BCUT2D eigenvalue weighted by Gasteiger charge is 2.39. The Hall–Kier alpha value is -1.54.